The van der Waals surface area contributed by atoms with Crippen LogP contribution in [-0.2, 0) is 21.6 Å². The van der Waals surface area contributed by atoms with E-state index in [1.54, 1.807) is 0 Å². The van der Waals surface area contributed by atoms with Gasteiger partial charge in [-0.2, -0.15) is 0 Å². The number of ether oxygens (including phenoxy) is 2. The average molecular weight is 404 g/mol. The lowest BCUT2D eigenvalue weighted by Gasteiger charge is -2.47. The Morgan fingerprint density at radius 3 is 2.82 bits per heavy atom. The number of nitrogens with two attached hydrogens (primary N) is 1. The Bertz CT molecular complexity index is 865. The zero-order chi connectivity index (χ0) is 19.6. The molecule has 2 aliphatic rings. The number of halogens is 2. The summed E-state index contributed by atoms with van der Waals surface area (Å²) in [5.74, 6) is -1.26. The standard InChI is InChI=1S/C21H22F2N2O2S/c22-15-6-7-16(18(23)10-15)21-13-26-9-8-17(21)19(28-20(24)25-21)12-27-11-14-4-2-1-3-5-14/h1-7,10,17,19H,8-9,11-13H2,(H2,24,25). The summed E-state index contributed by atoms with van der Waals surface area (Å²) < 4.78 is 39.8. The van der Waals surface area contributed by atoms with Crippen LogP contribution in [0.5, 0.6) is 0 Å². The van der Waals surface area contributed by atoms with Crippen LogP contribution in [0.15, 0.2) is 53.5 Å². The van der Waals surface area contributed by atoms with Crippen LogP contribution in [0.2, 0.25) is 0 Å². The van der Waals surface area contributed by atoms with Crippen molar-refractivity contribution in [1.82, 2.24) is 0 Å². The highest BCUT2D eigenvalue weighted by atomic mass is 32.2. The van der Waals surface area contributed by atoms with Gasteiger partial charge < -0.3 is 15.2 Å². The van der Waals surface area contributed by atoms with E-state index in [0.29, 0.717) is 37.0 Å². The van der Waals surface area contributed by atoms with Crippen LogP contribution in [0.1, 0.15) is 17.5 Å². The third-order valence-electron chi connectivity index (χ3n) is 5.33. The van der Waals surface area contributed by atoms with Gasteiger partial charge in [0.25, 0.3) is 0 Å². The van der Waals surface area contributed by atoms with Gasteiger partial charge in [0.1, 0.15) is 17.2 Å². The first-order valence-corrected chi connectivity index (χ1v) is 10.1. The predicted molar refractivity (Wildman–Crippen MR) is 106 cm³/mol. The molecular weight excluding hydrogens is 382 g/mol. The van der Waals surface area contributed by atoms with Crippen LogP contribution in [0, 0.1) is 17.6 Å². The van der Waals surface area contributed by atoms with E-state index in [1.807, 2.05) is 30.3 Å². The Morgan fingerprint density at radius 2 is 2.04 bits per heavy atom. The summed E-state index contributed by atoms with van der Waals surface area (Å²) in [6.07, 6.45) is 0.708. The highest BCUT2D eigenvalue weighted by Gasteiger charge is 2.51. The molecule has 2 N–H and O–H groups in total. The molecule has 2 aliphatic heterocycles. The van der Waals surface area contributed by atoms with Crippen molar-refractivity contribution in [1.29, 1.82) is 0 Å². The molecule has 4 rings (SSSR count). The Morgan fingerprint density at radius 1 is 1.21 bits per heavy atom. The van der Waals surface area contributed by atoms with Gasteiger partial charge in [-0.3, -0.25) is 0 Å². The zero-order valence-electron chi connectivity index (χ0n) is 15.3. The monoisotopic (exact) mass is 404 g/mol. The maximum atomic E-state index is 14.7. The maximum absolute atomic E-state index is 14.7. The van der Waals surface area contributed by atoms with Crippen LogP contribution in [0.3, 0.4) is 0 Å². The third kappa shape index (κ3) is 3.79. The van der Waals surface area contributed by atoms with Crippen LogP contribution < -0.4 is 5.73 Å². The predicted octanol–water partition coefficient (Wildman–Crippen LogP) is 3.84. The van der Waals surface area contributed by atoms with Crippen molar-refractivity contribution < 1.29 is 18.3 Å². The number of rotatable bonds is 5. The van der Waals surface area contributed by atoms with Crippen molar-refractivity contribution in [3.8, 4) is 0 Å². The second-order valence-electron chi connectivity index (χ2n) is 7.10. The Kier molecular flexibility index (Phi) is 5.66. The summed E-state index contributed by atoms with van der Waals surface area (Å²) in [5, 5.41) is 0.383. The van der Waals surface area contributed by atoms with Crippen molar-refractivity contribution in [2.45, 2.75) is 23.8 Å². The fourth-order valence-electron chi connectivity index (χ4n) is 4.05. The molecule has 0 aliphatic carbocycles. The zero-order valence-corrected chi connectivity index (χ0v) is 16.1. The third-order valence-corrected chi connectivity index (χ3v) is 6.43. The molecule has 2 heterocycles. The topological polar surface area (TPSA) is 56.8 Å². The van der Waals surface area contributed by atoms with E-state index in [-0.39, 0.29) is 17.8 Å². The highest BCUT2D eigenvalue weighted by Crippen LogP contribution is 2.48. The van der Waals surface area contributed by atoms with Crippen molar-refractivity contribution in [2.75, 3.05) is 19.8 Å². The first-order valence-electron chi connectivity index (χ1n) is 9.25. The lowest BCUT2D eigenvalue weighted by molar-refractivity contribution is -0.0160. The molecule has 28 heavy (non-hydrogen) atoms. The van der Waals surface area contributed by atoms with Crippen LogP contribution in [0.25, 0.3) is 0 Å². The number of amidine groups is 1. The summed E-state index contributed by atoms with van der Waals surface area (Å²) in [6, 6.07) is 13.5. The molecule has 1 fully saturated rings. The first-order chi connectivity index (χ1) is 13.6. The van der Waals surface area contributed by atoms with Crippen molar-refractivity contribution in [2.24, 2.45) is 16.6 Å². The maximum Gasteiger partial charge on any atom is 0.155 e. The molecule has 3 atom stereocenters. The van der Waals surface area contributed by atoms with Crippen molar-refractivity contribution in [3.63, 3.8) is 0 Å². The van der Waals surface area contributed by atoms with Gasteiger partial charge in [0.15, 0.2) is 5.17 Å². The second kappa shape index (κ2) is 8.19. The number of nitrogens with zero attached hydrogens (tertiary/aromatic N) is 1. The summed E-state index contributed by atoms with van der Waals surface area (Å²) in [4.78, 5) is 4.63. The molecule has 7 heteroatoms. The van der Waals surface area contributed by atoms with E-state index < -0.39 is 17.2 Å². The smallest absolute Gasteiger partial charge is 0.155 e. The molecule has 0 saturated carbocycles. The Balaban J connectivity index is 1.59. The molecule has 148 valence electrons. The molecule has 1 saturated heterocycles. The number of hydrogen-bond donors (Lipinski definition) is 1. The van der Waals surface area contributed by atoms with Gasteiger partial charge in [-0.1, -0.05) is 48.2 Å². The average Bonchev–Trinajstić information content (AvgIpc) is 2.68. The normalized spacial score (nSPS) is 27.1. The van der Waals surface area contributed by atoms with E-state index in [2.05, 4.69) is 4.99 Å². The number of thioether (sulfide) groups is 1. The van der Waals surface area contributed by atoms with Gasteiger partial charge in [-0.15, -0.1) is 0 Å². The summed E-state index contributed by atoms with van der Waals surface area (Å²) in [6.45, 7) is 1.75. The van der Waals surface area contributed by atoms with E-state index in [0.717, 1.165) is 11.6 Å². The minimum Gasteiger partial charge on any atom is -0.379 e. The number of fused-ring (bicyclic) bond motifs is 1. The first kappa shape index (κ1) is 19.4. The van der Waals surface area contributed by atoms with Crippen molar-refractivity contribution in [3.05, 3.63) is 71.3 Å². The molecule has 0 aromatic heterocycles. The van der Waals surface area contributed by atoms with E-state index >= 15 is 0 Å². The van der Waals surface area contributed by atoms with E-state index in [9.17, 15) is 8.78 Å². The van der Waals surface area contributed by atoms with Gasteiger partial charge in [0.2, 0.25) is 0 Å². The van der Waals surface area contributed by atoms with Crippen LogP contribution in [-0.4, -0.2) is 30.2 Å². The van der Waals surface area contributed by atoms with Gasteiger partial charge in [0, 0.05) is 29.4 Å². The lowest BCUT2D eigenvalue weighted by Crippen LogP contribution is -2.52. The quantitative estimate of drug-likeness (QED) is 0.823. The minimum absolute atomic E-state index is 0.00886. The molecule has 0 amide bonds. The number of aliphatic imine (C=N–C) groups is 1. The molecule has 0 bridgehead atoms. The largest absolute Gasteiger partial charge is 0.379 e. The van der Waals surface area contributed by atoms with Gasteiger partial charge in [0.05, 0.1) is 19.8 Å². The highest BCUT2D eigenvalue weighted by molar-refractivity contribution is 8.14. The second-order valence-corrected chi connectivity index (χ2v) is 8.36. The molecule has 0 spiro atoms. The van der Waals surface area contributed by atoms with Gasteiger partial charge >= 0.3 is 0 Å². The van der Waals surface area contributed by atoms with E-state index in [1.165, 1.54) is 23.9 Å². The molecule has 3 unspecified atom stereocenters. The SMILES string of the molecule is NC1=NC2(c3ccc(F)cc3F)COCCC2C(COCc2ccccc2)S1. The molecule has 2 aromatic carbocycles. The van der Waals surface area contributed by atoms with E-state index in [4.69, 9.17) is 15.2 Å². The van der Waals surface area contributed by atoms with Crippen LogP contribution >= 0.6 is 11.8 Å². The summed E-state index contributed by atoms with van der Waals surface area (Å²) in [5.41, 5.74) is 6.59. The molecule has 2 aromatic rings. The molecular formula is C21H22F2N2O2S. The van der Waals surface area contributed by atoms with Gasteiger partial charge in [-0.25, -0.2) is 13.8 Å². The number of hydrogen-bond acceptors (Lipinski definition) is 5. The Hall–Kier alpha value is -1.96. The van der Waals surface area contributed by atoms with Gasteiger partial charge in [-0.05, 0) is 18.1 Å². The Labute approximate surface area is 167 Å². The minimum atomic E-state index is -0.952. The number of benzene rings is 2. The lowest BCUT2D eigenvalue weighted by atomic mass is 9.74. The molecule has 0 radical (unpaired) electrons. The van der Waals surface area contributed by atoms with Crippen molar-refractivity contribution >= 4 is 16.9 Å². The fraction of sp³-hybridized carbons (Fsp3) is 0.381. The summed E-state index contributed by atoms with van der Waals surface area (Å²) in [7, 11) is 0. The molecule has 4 nitrogen and oxygen atoms in total. The fourth-order valence-corrected chi connectivity index (χ4v) is 5.26. The van der Waals surface area contributed by atoms with Crippen LogP contribution in [0.4, 0.5) is 8.78 Å². The summed E-state index contributed by atoms with van der Waals surface area (Å²) >= 11 is 1.46.